The number of benzene rings is 3. The van der Waals surface area contributed by atoms with Crippen LogP contribution in [-0.4, -0.2) is 54.8 Å². The maximum atomic E-state index is 13.8. The molecule has 1 aliphatic rings. The molecule has 34 heavy (non-hydrogen) atoms. The number of halogens is 2. The van der Waals surface area contributed by atoms with E-state index in [-0.39, 0.29) is 29.7 Å². The third-order valence-corrected chi connectivity index (χ3v) is 6.03. The molecule has 3 aromatic carbocycles. The van der Waals surface area contributed by atoms with Crippen LogP contribution in [0, 0.1) is 11.6 Å². The molecule has 0 atom stereocenters. The Hall–Kier alpha value is -3.58. The monoisotopic (exact) mass is 463 g/mol. The summed E-state index contributed by atoms with van der Waals surface area (Å²) in [7, 11) is 2.04. The lowest BCUT2D eigenvalue weighted by atomic mass is 10.1. The zero-order valence-electron chi connectivity index (χ0n) is 19.1. The number of amides is 2. The van der Waals surface area contributed by atoms with E-state index in [2.05, 4.69) is 4.90 Å². The number of nitrogens with zero attached hydrogens (tertiary/aromatic N) is 3. The van der Waals surface area contributed by atoms with Gasteiger partial charge in [0.2, 0.25) is 5.91 Å². The van der Waals surface area contributed by atoms with Crippen molar-refractivity contribution >= 4 is 17.5 Å². The molecule has 0 N–H and O–H groups in total. The van der Waals surface area contributed by atoms with Crippen LogP contribution in [0.4, 0.5) is 14.5 Å². The van der Waals surface area contributed by atoms with E-state index in [1.54, 1.807) is 30.3 Å². The largest absolute Gasteiger partial charge is 0.340 e. The van der Waals surface area contributed by atoms with Gasteiger partial charge in [0.1, 0.15) is 11.6 Å². The summed E-state index contributed by atoms with van der Waals surface area (Å²) < 4.78 is 27.1. The average molecular weight is 464 g/mol. The van der Waals surface area contributed by atoms with Crippen molar-refractivity contribution in [2.24, 2.45) is 0 Å². The van der Waals surface area contributed by atoms with Gasteiger partial charge < -0.3 is 14.7 Å². The lowest BCUT2D eigenvalue weighted by Gasteiger charge is -2.32. The van der Waals surface area contributed by atoms with Gasteiger partial charge in [0.25, 0.3) is 5.91 Å². The van der Waals surface area contributed by atoms with Gasteiger partial charge in [-0.1, -0.05) is 30.3 Å². The van der Waals surface area contributed by atoms with Crippen LogP contribution in [0.2, 0.25) is 0 Å². The Balaban J connectivity index is 1.53. The lowest BCUT2D eigenvalue weighted by Crippen LogP contribution is -2.47. The highest BCUT2D eigenvalue weighted by molar-refractivity contribution is 6.06. The topological polar surface area (TPSA) is 43.9 Å². The normalized spacial score (nSPS) is 14.1. The Labute approximate surface area is 198 Å². The van der Waals surface area contributed by atoms with Crippen molar-refractivity contribution in [3.8, 4) is 0 Å². The molecule has 0 spiro atoms. The van der Waals surface area contributed by atoms with Crippen LogP contribution >= 0.6 is 0 Å². The number of anilines is 1. The van der Waals surface area contributed by atoms with Gasteiger partial charge >= 0.3 is 0 Å². The molecule has 1 saturated heterocycles. The standard InChI is InChI=1S/C27H27F2N3O2/c1-30-13-15-31(16-14-30)26(33)17-20-7-11-25(12-8-20)32(19-21-5-9-23(28)10-6-21)27(34)22-3-2-4-24(29)18-22/h2-12,18H,13-17,19H2,1H3. The number of carbonyl (C=O) groups is 2. The number of hydrogen-bond donors (Lipinski definition) is 0. The lowest BCUT2D eigenvalue weighted by molar-refractivity contribution is -0.132. The minimum Gasteiger partial charge on any atom is -0.340 e. The third kappa shape index (κ3) is 5.85. The number of hydrogen-bond acceptors (Lipinski definition) is 3. The Morgan fingerprint density at radius 3 is 2.12 bits per heavy atom. The first-order chi connectivity index (χ1) is 16.4. The molecular formula is C27H27F2N3O2. The molecule has 1 heterocycles. The van der Waals surface area contributed by atoms with Crippen molar-refractivity contribution in [3.63, 3.8) is 0 Å². The second-order valence-electron chi connectivity index (χ2n) is 8.56. The van der Waals surface area contributed by atoms with Gasteiger partial charge in [-0.2, -0.15) is 0 Å². The number of carbonyl (C=O) groups excluding carboxylic acids is 2. The Bertz CT molecular complexity index is 1140. The van der Waals surface area contributed by atoms with Gasteiger partial charge in [-0.15, -0.1) is 0 Å². The molecular weight excluding hydrogens is 436 g/mol. The van der Waals surface area contributed by atoms with Gasteiger partial charge in [0, 0.05) is 37.4 Å². The SMILES string of the molecule is CN1CCN(C(=O)Cc2ccc(N(Cc3ccc(F)cc3)C(=O)c3cccc(F)c3)cc2)CC1. The van der Waals surface area contributed by atoms with E-state index < -0.39 is 5.82 Å². The Morgan fingerprint density at radius 1 is 0.824 bits per heavy atom. The molecule has 7 heteroatoms. The molecule has 0 aliphatic carbocycles. The van der Waals surface area contributed by atoms with Crippen molar-refractivity contribution in [1.82, 2.24) is 9.80 Å². The van der Waals surface area contributed by atoms with Crippen LogP contribution in [0.1, 0.15) is 21.5 Å². The molecule has 5 nitrogen and oxygen atoms in total. The van der Waals surface area contributed by atoms with Crippen LogP contribution in [-0.2, 0) is 17.8 Å². The second kappa shape index (κ2) is 10.6. The molecule has 0 aromatic heterocycles. The van der Waals surface area contributed by atoms with Gasteiger partial charge in [0.15, 0.2) is 0 Å². The Kier molecular flexibility index (Phi) is 7.33. The van der Waals surface area contributed by atoms with E-state index in [0.717, 1.165) is 37.3 Å². The summed E-state index contributed by atoms with van der Waals surface area (Å²) >= 11 is 0. The highest BCUT2D eigenvalue weighted by Crippen LogP contribution is 2.22. The highest BCUT2D eigenvalue weighted by atomic mass is 19.1. The van der Waals surface area contributed by atoms with Crippen molar-refractivity contribution < 1.29 is 18.4 Å². The van der Waals surface area contributed by atoms with Crippen molar-refractivity contribution in [2.75, 3.05) is 38.1 Å². The van der Waals surface area contributed by atoms with Crippen molar-refractivity contribution in [1.29, 1.82) is 0 Å². The van der Waals surface area contributed by atoms with Crippen LogP contribution < -0.4 is 4.90 Å². The zero-order chi connectivity index (χ0) is 24.1. The zero-order valence-corrected chi connectivity index (χ0v) is 19.1. The minimum absolute atomic E-state index is 0.0832. The van der Waals surface area contributed by atoms with E-state index in [9.17, 15) is 18.4 Å². The second-order valence-corrected chi connectivity index (χ2v) is 8.56. The molecule has 3 aromatic rings. The van der Waals surface area contributed by atoms with E-state index in [4.69, 9.17) is 0 Å². The summed E-state index contributed by atoms with van der Waals surface area (Å²) in [4.78, 5) is 31.5. The molecule has 176 valence electrons. The summed E-state index contributed by atoms with van der Waals surface area (Å²) in [5.41, 5.74) is 2.42. The maximum absolute atomic E-state index is 13.8. The van der Waals surface area contributed by atoms with E-state index >= 15 is 0 Å². The number of rotatable bonds is 6. The smallest absolute Gasteiger partial charge is 0.258 e. The third-order valence-electron chi connectivity index (χ3n) is 6.03. The fourth-order valence-corrected chi connectivity index (χ4v) is 3.97. The molecule has 2 amide bonds. The van der Waals surface area contributed by atoms with E-state index in [1.807, 2.05) is 24.1 Å². The van der Waals surface area contributed by atoms with Crippen molar-refractivity contribution in [2.45, 2.75) is 13.0 Å². The first-order valence-corrected chi connectivity index (χ1v) is 11.3. The molecule has 1 aliphatic heterocycles. The van der Waals surface area contributed by atoms with Gasteiger partial charge in [-0.3, -0.25) is 9.59 Å². The molecule has 0 saturated carbocycles. The van der Waals surface area contributed by atoms with E-state index in [0.29, 0.717) is 12.1 Å². The fourth-order valence-electron chi connectivity index (χ4n) is 3.97. The predicted molar refractivity (Wildman–Crippen MR) is 128 cm³/mol. The molecule has 0 unspecified atom stereocenters. The van der Waals surface area contributed by atoms with Crippen molar-refractivity contribution in [3.05, 3.63) is 101 Å². The molecule has 0 radical (unpaired) electrons. The summed E-state index contributed by atoms with van der Waals surface area (Å²) in [6.45, 7) is 3.37. The van der Waals surface area contributed by atoms with Crippen LogP contribution in [0.3, 0.4) is 0 Å². The Morgan fingerprint density at radius 2 is 1.47 bits per heavy atom. The van der Waals surface area contributed by atoms with Crippen LogP contribution in [0.25, 0.3) is 0 Å². The first-order valence-electron chi connectivity index (χ1n) is 11.3. The minimum atomic E-state index is -0.495. The quantitative estimate of drug-likeness (QED) is 0.552. The van der Waals surface area contributed by atoms with Crippen LogP contribution in [0.5, 0.6) is 0 Å². The van der Waals surface area contributed by atoms with Gasteiger partial charge in [0.05, 0.1) is 13.0 Å². The van der Waals surface area contributed by atoms with Crippen LogP contribution in [0.15, 0.2) is 72.8 Å². The summed E-state index contributed by atoms with van der Waals surface area (Å²) in [6, 6.07) is 18.7. The number of likely N-dealkylation sites (N-methyl/N-ethyl adjacent to an activating group) is 1. The number of piperazine rings is 1. The predicted octanol–water partition coefficient (Wildman–Crippen LogP) is 4.13. The van der Waals surface area contributed by atoms with Gasteiger partial charge in [-0.05, 0) is 60.6 Å². The van der Waals surface area contributed by atoms with E-state index in [1.165, 1.54) is 35.2 Å². The maximum Gasteiger partial charge on any atom is 0.258 e. The molecule has 1 fully saturated rings. The van der Waals surface area contributed by atoms with Gasteiger partial charge in [-0.25, -0.2) is 8.78 Å². The summed E-state index contributed by atoms with van der Waals surface area (Å²) in [5.74, 6) is -1.14. The first kappa shape index (κ1) is 23.6. The summed E-state index contributed by atoms with van der Waals surface area (Å²) in [6.07, 6.45) is 0.291. The fraction of sp³-hybridized carbons (Fsp3) is 0.259. The summed E-state index contributed by atoms with van der Waals surface area (Å²) in [5, 5.41) is 0. The molecule has 4 rings (SSSR count). The molecule has 0 bridgehead atoms. The highest BCUT2D eigenvalue weighted by Gasteiger charge is 2.21. The average Bonchev–Trinajstić information content (AvgIpc) is 2.84.